The summed E-state index contributed by atoms with van der Waals surface area (Å²) in [6.45, 7) is 2.11. The van der Waals surface area contributed by atoms with E-state index in [0.29, 0.717) is 11.3 Å². The minimum Gasteiger partial charge on any atom is -0.465 e. The van der Waals surface area contributed by atoms with Gasteiger partial charge in [-0.1, -0.05) is 13.0 Å². The van der Waals surface area contributed by atoms with Crippen molar-refractivity contribution in [1.82, 2.24) is 0 Å². The van der Waals surface area contributed by atoms with Crippen molar-refractivity contribution in [2.75, 3.05) is 18.2 Å². The number of nitrogen functional groups attached to an aromatic ring is 1. The highest BCUT2D eigenvalue weighted by atomic mass is 32.1. The molecule has 0 aliphatic heterocycles. The van der Waals surface area contributed by atoms with Gasteiger partial charge < -0.3 is 15.8 Å². The van der Waals surface area contributed by atoms with Crippen LogP contribution in [0.3, 0.4) is 0 Å². The van der Waals surface area contributed by atoms with E-state index in [1.807, 2.05) is 11.4 Å². The second kappa shape index (κ2) is 6.43. The van der Waals surface area contributed by atoms with Crippen LogP contribution in [0.5, 0.6) is 0 Å². The highest BCUT2D eigenvalue weighted by Gasteiger charge is 2.14. The summed E-state index contributed by atoms with van der Waals surface area (Å²) in [5, 5.41) is 5.45. The molecule has 0 amide bonds. The first-order valence-corrected chi connectivity index (χ1v) is 7.31. The van der Waals surface area contributed by atoms with Gasteiger partial charge in [0.15, 0.2) is 0 Å². The molecule has 0 spiro atoms. The van der Waals surface area contributed by atoms with E-state index >= 15 is 0 Å². The van der Waals surface area contributed by atoms with E-state index in [1.165, 1.54) is 12.0 Å². The van der Waals surface area contributed by atoms with E-state index in [0.717, 1.165) is 12.1 Å². The Kier molecular flexibility index (Phi) is 4.63. The minimum absolute atomic E-state index is 0.185. The first-order chi connectivity index (χ1) is 9.65. The Morgan fingerprint density at radius 3 is 2.85 bits per heavy atom. The molecule has 2 aromatic rings. The number of anilines is 2. The molecule has 2 rings (SSSR count). The molecule has 0 aliphatic rings. The summed E-state index contributed by atoms with van der Waals surface area (Å²) in [4.78, 5) is 12.8. The van der Waals surface area contributed by atoms with Crippen molar-refractivity contribution in [1.29, 1.82) is 0 Å². The number of methoxy groups -OCH3 is 1. The Morgan fingerprint density at radius 2 is 2.25 bits per heavy atom. The molecule has 0 fully saturated rings. The van der Waals surface area contributed by atoms with Crippen molar-refractivity contribution in [2.45, 2.75) is 19.4 Å². The van der Waals surface area contributed by atoms with Gasteiger partial charge in [-0.25, -0.2) is 4.79 Å². The molecule has 0 bridgehead atoms. The zero-order valence-electron chi connectivity index (χ0n) is 11.6. The topological polar surface area (TPSA) is 64.3 Å². The lowest BCUT2D eigenvalue weighted by Gasteiger charge is -2.18. The molecule has 1 atom stereocenters. The molecule has 20 heavy (non-hydrogen) atoms. The van der Waals surface area contributed by atoms with Crippen molar-refractivity contribution >= 4 is 28.7 Å². The van der Waals surface area contributed by atoms with Gasteiger partial charge in [0.2, 0.25) is 0 Å². The SMILES string of the molecule is CCC(Nc1cc(C(=O)OC)ccc1N)c1cccs1. The van der Waals surface area contributed by atoms with Crippen molar-refractivity contribution in [3.8, 4) is 0 Å². The fourth-order valence-corrected chi connectivity index (χ4v) is 2.84. The number of nitrogens with two attached hydrogens (primary N) is 1. The van der Waals surface area contributed by atoms with Crippen LogP contribution < -0.4 is 11.1 Å². The van der Waals surface area contributed by atoms with Crippen LogP contribution in [0.15, 0.2) is 35.7 Å². The third kappa shape index (κ3) is 3.11. The van der Waals surface area contributed by atoms with Gasteiger partial charge in [0.05, 0.1) is 30.1 Å². The summed E-state index contributed by atoms with van der Waals surface area (Å²) in [7, 11) is 1.37. The van der Waals surface area contributed by atoms with Gasteiger partial charge >= 0.3 is 5.97 Å². The van der Waals surface area contributed by atoms with Gasteiger partial charge in [0, 0.05) is 4.88 Å². The third-order valence-electron chi connectivity index (χ3n) is 3.10. The van der Waals surface area contributed by atoms with E-state index < -0.39 is 0 Å². The maximum atomic E-state index is 11.6. The van der Waals surface area contributed by atoms with Crippen LogP contribution in [0.4, 0.5) is 11.4 Å². The Bertz CT molecular complexity index is 582. The smallest absolute Gasteiger partial charge is 0.337 e. The number of carbonyl (C=O) groups is 1. The number of esters is 1. The van der Waals surface area contributed by atoms with Gasteiger partial charge in [-0.05, 0) is 36.1 Å². The van der Waals surface area contributed by atoms with Crippen molar-refractivity contribution in [2.24, 2.45) is 0 Å². The molecule has 1 unspecified atom stereocenters. The number of ether oxygens (including phenoxy) is 1. The summed E-state index contributed by atoms with van der Waals surface area (Å²) in [5.41, 5.74) is 7.84. The Labute approximate surface area is 122 Å². The average Bonchev–Trinajstić information content (AvgIpc) is 2.99. The molecular formula is C15H18N2O2S. The number of thiophene rings is 1. The maximum Gasteiger partial charge on any atom is 0.337 e. The second-order valence-electron chi connectivity index (χ2n) is 4.41. The van der Waals surface area contributed by atoms with E-state index in [2.05, 4.69) is 18.3 Å². The van der Waals surface area contributed by atoms with Crippen LogP contribution in [0.2, 0.25) is 0 Å². The number of hydrogen-bond donors (Lipinski definition) is 2. The number of carbonyl (C=O) groups excluding carboxylic acids is 1. The molecule has 106 valence electrons. The molecule has 1 heterocycles. The summed E-state index contributed by atoms with van der Waals surface area (Å²) in [6, 6.07) is 9.42. The highest BCUT2D eigenvalue weighted by Crippen LogP contribution is 2.29. The number of nitrogens with one attached hydrogen (secondary N) is 1. The predicted octanol–water partition coefficient (Wildman–Crippen LogP) is 3.68. The quantitative estimate of drug-likeness (QED) is 0.651. The van der Waals surface area contributed by atoms with Crippen molar-refractivity contribution in [3.05, 3.63) is 46.2 Å². The zero-order chi connectivity index (χ0) is 14.5. The average molecular weight is 290 g/mol. The van der Waals surface area contributed by atoms with Crippen LogP contribution in [0.25, 0.3) is 0 Å². The molecule has 1 aromatic heterocycles. The second-order valence-corrected chi connectivity index (χ2v) is 5.39. The summed E-state index contributed by atoms with van der Waals surface area (Å²) >= 11 is 1.70. The standard InChI is InChI=1S/C15H18N2O2S/c1-3-12(14-5-4-8-20-14)17-13-9-10(15(18)19-2)6-7-11(13)16/h4-9,12,17H,3,16H2,1-2H3. The first-order valence-electron chi connectivity index (χ1n) is 6.43. The summed E-state index contributed by atoms with van der Waals surface area (Å²) in [6.07, 6.45) is 0.933. The zero-order valence-corrected chi connectivity index (χ0v) is 12.4. The lowest BCUT2D eigenvalue weighted by molar-refractivity contribution is 0.0601. The molecule has 4 nitrogen and oxygen atoms in total. The fourth-order valence-electron chi connectivity index (χ4n) is 1.98. The molecule has 0 saturated heterocycles. The van der Waals surface area contributed by atoms with Crippen LogP contribution in [0, 0.1) is 0 Å². The predicted molar refractivity (Wildman–Crippen MR) is 83.2 cm³/mol. The summed E-state index contributed by atoms with van der Waals surface area (Å²) < 4.78 is 4.73. The van der Waals surface area contributed by atoms with Gasteiger partial charge in [0.25, 0.3) is 0 Å². The maximum absolute atomic E-state index is 11.6. The monoisotopic (exact) mass is 290 g/mol. The van der Waals surface area contributed by atoms with Crippen molar-refractivity contribution in [3.63, 3.8) is 0 Å². The largest absolute Gasteiger partial charge is 0.465 e. The molecule has 0 aliphatic carbocycles. The molecule has 1 aromatic carbocycles. The fraction of sp³-hybridized carbons (Fsp3) is 0.267. The van der Waals surface area contributed by atoms with Gasteiger partial charge in [-0.3, -0.25) is 0 Å². The van der Waals surface area contributed by atoms with Crippen LogP contribution in [0.1, 0.15) is 34.6 Å². The van der Waals surface area contributed by atoms with Gasteiger partial charge in [-0.15, -0.1) is 11.3 Å². The van der Waals surface area contributed by atoms with Crippen molar-refractivity contribution < 1.29 is 9.53 Å². The molecule has 5 heteroatoms. The molecule has 3 N–H and O–H groups in total. The number of benzene rings is 1. The lowest BCUT2D eigenvalue weighted by Crippen LogP contribution is -2.11. The van der Waals surface area contributed by atoms with E-state index in [1.54, 1.807) is 29.5 Å². The first kappa shape index (κ1) is 14.4. The Morgan fingerprint density at radius 1 is 1.45 bits per heavy atom. The molecular weight excluding hydrogens is 272 g/mol. The lowest BCUT2D eigenvalue weighted by atomic mass is 10.1. The van der Waals surface area contributed by atoms with E-state index in [9.17, 15) is 4.79 Å². The van der Waals surface area contributed by atoms with Crippen LogP contribution in [-0.4, -0.2) is 13.1 Å². The van der Waals surface area contributed by atoms with E-state index in [4.69, 9.17) is 10.5 Å². The summed E-state index contributed by atoms with van der Waals surface area (Å²) in [5.74, 6) is -0.364. The number of rotatable bonds is 5. The third-order valence-corrected chi connectivity index (χ3v) is 4.08. The molecule has 0 radical (unpaired) electrons. The van der Waals surface area contributed by atoms with Gasteiger partial charge in [0.1, 0.15) is 0 Å². The Hall–Kier alpha value is -2.01. The Balaban J connectivity index is 2.25. The van der Waals surface area contributed by atoms with Crippen LogP contribution >= 0.6 is 11.3 Å². The van der Waals surface area contributed by atoms with Crippen LogP contribution in [-0.2, 0) is 4.74 Å². The highest BCUT2D eigenvalue weighted by molar-refractivity contribution is 7.10. The number of hydrogen-bond acceptors (Lipinski definition) is 5. The van der Waals surface area contributed by atoms with E-state index in [-0.39, 0.29) is 12.0 Å². The molecule has 0 saturated carbocycles. The van der Waals surface area contributed by atoms with Gasteiger partial charge in [-0.2, -0.15) is 0 Å². The minimum atomic E-state index is -0.364. The normalized spacial score (nSPS) is 11.9.